The van der Waals surface area contributed by atoms with Crippen LogP contribution in [0.15, 0.2) is 23.2 Å². The molecule has 1 heterocycles. The maximum Gasteiger partial charge on any atom is 0.234 e. The molecule has 1 unspecified atom stereocenters. The first kappa shape index (κ1) is 27.5. The topological polar surface area (TPSA) is 69.2 Å². The molecule has 31 heavy (non-hydrogen) atoms. The van der Waals surface area contributed by atoms with Crippen molar-refractivity contribution in [2.24, 2.45) is 4.99 Å². The molecular weight excluding hydrogens is 519 g/mol. The fourth-order valence-corrected chi connectivity index (χ4v) is 3.32. The van der Waals surface area contributed by atoms with Crippen molar-refractivity contribution in [1.82, 2.24) is 20.4 Å². The number of amides is 1. The predicted octanol–water partition coefficient (Wildman–Crippen LogP) is 2.03. The van der Waals surface area contributed by atoms with Crippen molar-refractivity contribution in [1.29, 1.82) is 0 Å². The van der Waals surface area contributed by atoms with Gasteiger partial charge >= 0.3 is 0 Å². The van der Waals surface area contributed by atoms with Crippen LogP contribution in [0.2, 0.25) is 0 Å². The van der Waals surface area contributed by atoms with Gasteiger partial charge in [0.05, 0.1) is 13.2 Å². The molecule has 7 nitrogen and oxygen atoms in total. The standard InChI is InChI=1S/C21H33F2N5O2.HI/c1-4-24-21(26-14-16(2)18-6-5-17(22)13-19(18)23)28-10-8-27(9-11-28)15-20(29)25-7-12-30-3;/h5-6,13,16H,4,7-12,14-15H2,1-3H3,(H,24,26)(H,25,29);1H. The lowest BCUT2D eigenvalue weighted by Gasteiger charge is -2.36. The fourth-order valence-electron chi connectivity index (χ4n) is 3.32. The second kappa shape index (κ2) is 14.5. The predicted molar refractivity (Wildman–Crippen MR) is 129 cm³/mol. The van der Waals surface area contributed by atoms with Crippen LogP contribution in [-0.4, -0.2) is 87.7 Å². The van der Waals surface area contributed by atoms with Crippen molar-refractivity contribution < 1.29 is 18.3 Å². The molecule has 0 bridgehead atoms. The van der Waals surface area contributed by atoms with E-state index in [0.29, 0.717) is 31.8 Å². The van der Waals surface area contributed by atoms with E-state index < -0.39 is 11.6 Å². The molecule has 0 saturated carbocycles. The van der Waals surface area contributed by atoms with E-state index in [9.17, 15) is 13.6 Å². The van der Waals surface area contributed by atoms with Gasteiger partial charge in [-0.25, -0.2) is 8.78 Å². The number of methoxy groups -OCH3 is 1. The highest BCUT2D eigenvalue weighted by Crippen LogP contribution is 2.20. The van der Waals surface area contributed by atoms with Crippen LogP contribution >= 0.6 is 24.0 Å². The number of aliphatic imine (C=N–C) groups is 1. The summed E-state index contributed by atoms with van der Waals surface area (Å²) in [6.45, 7) is 9.38. The van der Waals surface area contributed by atoms with Crippen LogP contribution in [-0.2, 0) is 9.53 Å². The van der Waals surface area contributed by atoms with E-state index in [4.69, 9.17) is 4.74 Å². The van der Waals surface area contributed by atoms with Crippen molar-refractivity contribution >= 4 is 35.8 Å². The summed E-state index contributed by atoms with van der Waals surface area (Å²) in [6, 6.07) is 3.66. The van der Waals surface area contributed by atoms with Crippen LogP contribution in [0.1, 0.15) is 25.3 Å². The third-order valence-electron chi connectivity index (χ3n) is 5.01. The van der Waals surface area contributed by atoms with Crippen LogP contribution < -0.4 is 10.6 Å². The van der Waals surface area contributed by atoms with E-state index in [1.807, 2.05) is 13.8 Å². The molecule has 0 aliphatic carbocycles. The molecule has 0 radical (unpaired) electrons. The smallest absolute Gasteiger partial charge is 0.234 e. The number of ether oxygens (including phenoxy) is 1. The highest BCUT2D eigenvalue weighted by molar-refractivity contribution is 14.0. The lowest BCUT2D eigenvalue weighted by molar-refractivity contribution is -0.122. The van der Waals surface area contributed by atoms with Crippen LogP contribution in [0.4, 0.5) is 8.78 Å². The van der Waals surface area contributed by atoms with Crippen molar-refractivity contribution in [3.63, 3.8) is 0 Å². The minimum Gasteiger partial charge on any atom is -0.383 e. The summed E-state index contributed by atoms with van der Waals surface area (Å²) in [6.07, 6.45) is 0. The number of halogens is 3. The fraction of sp³-hybridized carbons (Fsp3) is 0.619. The maximum atomic E-state index is 14.0. The average molecular weight is 553 g/mol. The molecule has 1 aliphatic heterocycles. The molecule has 0 spiro atoms. The Labute approximate surface area is 200 Å². The van der Waals surface area contributed by atoms with Gasteiger partial charge in [0.2, 0.25) is 5.91 Å². The summed E-state index contributed by atoms with van der Waals surface area (Å²) in [4.78, 5) is 20.9. The van der Waals surface area contributed by atoms with E-state index >= 15 is 0 Å². The molecule has 1 aromatic rings. The number of carbonyl (C=O) groups is 1. The quantitative estimate of drug-likeness (QED) is 0.212. The van der Waals surface area contributed by atoms with Gasteiger partial charge in [-0.05, 0) is 18.6 Å². The summed E-state index contributed by atoms with van der Waals surface area (Å²) >= 11 is 0. The zero-order valence-corrected chi connectivity index (χ0v) is 20.8. The Hall–Kier alpha value is -1.53. The molecule has 2 N–H and O–H groups in total. The van der Waals surface area contributed by atoms with Gasteiger partial charge in [0.15, 0.2) is 5.96 Å². The first-order chi connectivity index (χ1) is 14.4. The average Bonchev–Trinajstić information content (AvgIpc) is 2.72. The number of hydrogen-bond donors (Lipinski definition) is 2. The summed E-state index contributed by atoms with van der Waals surface area (Å²) in [7, 11) is 1.60. The number of nitrogens with one attached hydrogen (secondary N) is 2. The van der Waals surface area contributed by atoms with Gasteiger partial charge < -0.3 is 20.3 Å². The maximum absolute atomic E-state index is 14.0. The minimum absolute atomic E-state index is 0. The van der Waals surface area contributed by atoms with Crippen molar-refractivity contribution in [3.8, 4) is 0 Å². The van der Waals surface area contributed by atoms with E-state index in [0.717, 1.165) is 44.7 Å². The van der Waals surface area contributed by atoms with Gasteiger partial charge in [0, 0.05) is 64.9 Å². The summed E-state index contributed by atoms with van der Waals surface area (Å²) in [5.41, 5.74) is 0.459. The van der Waals surface area contributed by atoms with E-state index in [2.05, 4.69) is 25.4 Å². The Morgan fingerprint density at radius 3 is 2.55 bits per heavy atom. The van der Waals surface area contributed by atoms with Crippen molar-refractivity contribution in [3.05, 3.63) is 35.4 Å². The summed E-state index contributed by atoms with van der Waals surface area (Å²) in [5.74, 6) is -0.519. The molecule has 1 saturated heterocycles. The molecule has 1 atom stereocenters. The lowest BCUT2D eigenvalue weighted by atomic mass is 10.0. The molecule has 1 aromatic carbocycles. The molecule has 10 heteroatoms. The number of benzene rings is 1. The Bertz CT molecular complexity index is 715. The molecule has 0 aromatic heterocycles. The van der Waals surface area contributed by atoms with E-state index in [1.54, 1.807) is 7.11 Å². The van der Waals surface area contributed by atoms with Crippen LogP contribution in [0.5, 0.6) is 0 Å². The number of piperazine rings is 1. The number of guanidine groups is 1. The second-order valence-electron chi connectivity index (χ2n) is 7.37. The first-order valence-electron chi connectivity index (χ1n) is 10.4. The lowest BCUT2D eigenvalue weighted by Crippen LogP contribution is -2.54. The van der Waals surface area contributed by atoms with E-state index in [-0.39, 0.29) is 35.8 Å². The highest BCUT2D eigenvalue weighted by Gasteiger charge is 2.21. The third kappa shape index (κ3) is 9.24. The number of hydrogen-bond acceptors (Lipinski definition) is 4. The second-order valence-corrected chi connectivity index (χ2v) is 7.37. The molecule has 1 amide bonds. The largest absolute Gasteiger partial charge is 0.383 e. The Balaban J connectivity index is 0.00000480. The molecule has 176 valence electrons. The number of carbonyl (C=O) groups excluding carboxylic acids is 1. The van der Waals surface area contributed by atoms with Gasteiger partial charge in [-0.3, -0.25) is 14.7 Å². The van der Waals surface area contributed by atoms with Gasteiger partial charge in [-0.15, -0.1) is 24.0 Å². The van der Waals surface area contributed by atoms with Crippen LogP contribution in [0, 0.1) is 11.6 Å². The summed E-state index contributed by atoms with van der Waals surface area (Å²) < 4.78 is 32.1. The number of rotatable bonds is 9. The van der Waals surface area contributed by atoms with Crippen LogP contribution in [0.25, 0.3) is 0 Å². The van der Waals surface area contributed by atoms with Gasteiger partial charge in [0.1, 0.15) is 11.6 Å². The normalized spacial score (nSPS) is 15.9. The van der Waals surface area contributed by atoms with Crippen LogP contribution in [0.3, 0.4) is 0 Å². The Kier molecular flexibility index (Phi) is 12.9. The van der Waals surface area contributed by atoms with E-state index in [1.165, 1.54) is 12.1 Å². The summed E-state index contributed by atoms with van der Waals surface area (Å²) in [5, 5.41) is 6.12. The first-order valence-corrected chi connectivity index (χ1v) is 10.4. The van der Waals surface area contributed by atoms with Gasteiger partial charge in [0.25, 0.3) is 0 Å². The Morgan fingerprint density at radius 2 is 1.94 bits per heavy atom. The zero-order valence-electron chi connectivity index (χ0n) is 18.5. The highest BCUT2D eigenvalue weighted by atomic mass is 127. The molecule has 1 aliphatic rings. The third-order valence-corrected chi connectivity index (χ3v) is 5.01. The molecular formula is C21H34F2IN5O2. The van der Waals surface area contributed by atoms with Gasteiger partial charge in [-0.2, -0.15) is 0 Å². The monoisotopic (exact) mass is 553 g/mol. The van der Waals surface area contributed by atoms with Crippen molar-refractivity contribution in [2.75, 3.05) is 66.1 Å². The number of nitrogens with zero attached hydrogens (tertiary/aromatic N) is 3. The minimum atomic E-state index is -0.578. The SMILES string of the molecule is CCNC(=NCC(C)c1ccc(F)cc1F)N1CCN(CC(=O)NCCOC)CC1.I. The van der Waals surface area contributed by atoms with Crippen molar-refractivity contribution in [2.45, 2.75) is 19.8 Å². The molecule has 2 rings (SSSR count). The Morgan fingerprint density at radius 1 is 1.23 bits per heavy atom. The molecule has 1 fully saturated rings. The zero-order chi connectivity index (χ0) is 21.9. The van der Waals surface area contributed by atoms with Gasteiger partial charge in [-0.1, -0.05) is 13.0 Å².